The Labute approximate surface area is 154 Å². The zero-order chi connectivity index (χ0) is 17.6. The first-order valence-electron chi connectivity index (χ1n) is 8.04. The molecular weight excluding hydrogens is 388 g/mol. The summed E-state index contributed by atoms with van der Waals surface area (Å²) in [5, 5.41) is 2.59. The number of carbonyl (C=O) groups excluding carboxylic acids is 2. The number of pyridine rings is 1. The van der Waals surface area contributed by atoms with E-state index in [1.54, 1.807) is 23.2 Å². The van der Waals surface area contributed by atoms with Gasteiger partial charge in [0.2, 0.25) is 5.91 Å². The summed E-state index contributed by atoms with van der Waals surface area (Å²) in [5.74, 6) is -0.296. The summed E-state index contributed by atoms with van der Waals surface area (Å²) in [6.45, 7) is 3.72. The summed E-state index contributed by atoms with van der Waals surface area (Å²) in [4.78, 5) is 32.3. The summed E-state index contributed by atoms with van der Waals surface area (Å²) in [6.07, 6.45) is 3.62. The molecule has 0 bridgehead atoms. The molecule has 8 heteroatoms. The van der Waals surface area contributed by atoms with E-state index in [4.69, 9.17) is 4.42 Å². The lowest BCUT2D eigenvalue weighted by Gasteiger charge is -2.34. The van der Waals surface area contributed by atoms with E-state index >= 15 is 0 Å². The van der Waals surface area contributed by atoms with Crippen molar-refractivity contribution >= 4 is 27.7 Å². The fourth-order valence-corrected chi connectivity index (χ4v) is 3.00. The number of rotatable bonds is 5. The third-order valence-electron chi connectivity index (χ3n) is 4.05. The molecule has 0 spiro atoms. The van der Waals surface area contributed by atoms with Crippen LogP contribution in [0.5, 0.6) is 0 Å². The van der Waals surface area contributed by atoms with Crippen molar-refractivity contribution in [1.29, 1.82) is 0 Å². The molecule has 1 aliphatic heterocycles. The molecule has 2 aromatic heterocycles. The summed E-state index contributed by atoms with van der Waals surface area (Å²) in [6, 6.07) is 7.17. The van der Waals surface area contributed by atoms with Crippen molar-refractivity contribution in [2.45, 2.75) is 6.54 Å². The molecule has 1 aliphatic rings. The summed E-state index contributed by atoms with van der Waals surface area (Å²) in [7, 11) is 0. The van der Waals surface area contributed by atoms with Crippen LogP contribution in [0.3, 0.4) is 0 Å². The Balaban J connectivity index is 1.41. The minimum atomic E-state index is -0.394. The average molecular weight is 407 g/mol. The highest BCUT2D eigenvalue weighted by Crippen LogP contribution is 2.13. The van der Waals surface area contributed by atoms with Gasteiger partial charge in [0.05, 0.1) is 6.54 Å². The molecular formula is C17H19BrN4O3. The molecule has 0 atom stereocenters. The Morgan fingerprint density at radius 1 is 1.20 bits per heavy atom. The molecule has 0 radical (unpaired) electrons. The van der Waals surface area contributed by atoms with Crippen LogP contribution in [0.1, 0.15) is 16.1 Å². The number of hydrogen-bond acceptors (Lipinski definition) is 5. The van der Waals surface area contributed by atoms with E-state index < -0.39 is 5.91 Å². The summed E-state index contributed by atoms with van der Waals surface area (Å²) >= 11 is 3.14. The fraction of sp³-hybridized carbons (Fsp3) is 0.353. The average Bonchev–Trinajstić information content (AvgIpc) is 3.07. The van der Waals surface area contributed by atoms with Gasteiger partial charge >= 0.3 is 0 Å². The Hall–Kier alpha value is -2.19. The minimum absolute atomic E-state index is 0.0280. The van der Waals surface area contributed by atoms with Crippen LogP contribution in [-0.4, -0.2) is 59.3 Å². The molecule has 3 heterocycles. The molecule has 2 amide bonds. The number of halogens is 1. The SMILES string of the molecule is O=C(NCC(=O)N1CCN(Cc2cccnc2)CC1)c1ccc(Br)o1. The van der Waals surface area contributed by atoms with E-state index in [-0.39, 0.29) is 18.2 Å². The smallest absolute Gasteiger partial charge is 0.287 e. The Bertz CT molecular complexity index is 727. The Kier molecular flexibility index (Phi) is 5.83. The standard InChI is InChI=1S/C17H19BrN4O3/c18-15-4-3-14(25-15)17(24)20-11-16(23)22-8-6-21(7-9-22)12-13-2-1-5-19-10-13/h1-5,10H,6-9,11-12H2,(H,20,24). The molecule has 1 N–H and O–H groups in total. The van der Waals surface area contributed by atoms with Gasteiger partial charge in [0.15, 0.2) is 10.4 Å². The van der Waals surface area contributed by atoms with Gasteiger partial charge in [0.25, 0.3) is 5.91 Å². The number of furan rings is 1. The number of aromatic nitrogens is 1. The van der Waals surface area contributed by atoms with E-state index in [1.165, 1.54) is 5.56 Å². The van der Waals surface area contributed by atoms with E-state index in [2.05, 4.69) is 31.1 Å². The second kappa shape index (κ2) is 8.26. The highest BCUT2D eigenvalue weighted by molar-refractivity contribution is 9.10. The van der Waals surface area contributed by atoms with Gasteiger partial charge in [0.1, 0.15) is 0 Å². The quantitative estimate of drug-likeness (QED) is 0.813. The van der Waals surface area contributed by atoms with E-state index in [0.717, 1.165) is 19.6 Å². The van der Waals surface area contributed by atoms with Crippen molar-refractivity contribution < 1.29 is 14.0 Å². The van der Waals surface area contributed by atoms with Crippen LogP contribution in [0.15, 0.2) is 45.7 Å². The molecule has 1 saturated heterocycles. The van der Waals surface area contributed by atoms with Gasteiger partial charge in [-0.1, -0.05) is 6.07 Å². The monoisotopic (exact) mass is 406 g/mol. The minimum Gasteiger partial charge on any atom is -0.444 e. The molecule has 0 aromatic carbocycles. The van der Waals surface area contributed by atoms with Gasteiger partial charge in [-0.25, -0.2) is 0 Å². The zero-order valence-electron chi connectivity index (χ0n) is 13.7. The maximum Gasteiger partial charge on any atom is 0.287 e. The number of nitrogens with one attached hydrogen (secondary N) is 1. The second-order valence-corrected chi connectivity index (χ2v) is 6.59. The van der Waals surface area contributed by atoms with E-state index in [9.17, 15) is 9.59 Å². The maximum atomic E-state index is 12.2. The highest BCUT2D eigenvalue weighted by Gasteiger charge is 2.22. The zero-order valence-corrected chi connectivity index (χ0v) is 15.2. The number of nitrogens with zero attached hydrogens (tertiary/aromatic N) is 3. The number of piperazine rings is 1. The van der Waals surface area contributed by atoms with Crippen LogP contribution in [-0.2, 0) is 11.3 Å². The largest absolute Gasteiger partial charge is 0.444 e. The number of hydrogen-bond donors (Lipinski definition) is 1. The first-order valence-corrected chi connectivity index (χ1v) is 8.83. The molecule has 2 aromatic rings. The highest BCUT2D eigenvalue weighted by atomic mass is 79.9. The second-order valence-electron chi connectivity index (χ2n) is 5.80. The molecule has 0 saturated carbocycles. The van der Waals surface area contributed by atoms with E-state index in [0.29, 0.717) is 17.8 Å². The van der Waals surface area contributed by atoms with Gasteiger partial charge < -0.3 is 14.6 Å². The Morgan fingerprint density at radius 3 is 2.64 bits per heavy atom. The first kappa shape index (κ1) is 17.6. The summed E-state index contributed by atoms with van der Waals surface area (Å²) in [5.41, 5.74) is 1.17. The van der Waals surface area contributed by atoms with Crippen LogP contribution < -0.4 is 5.32 Å². The predicted octanol–water partition coefficient (Wildman–Crippen LogP) is 1.51. The molecule has 3 rings (SSSR count). The Morgan fingerprint density at radius 2 is 2.00 bits per heavy atom. The lowest BCUT2D eigenvalue weighted by atomic mass is 10.2. The van der Waals surface area contributed by atoms with Crippen molar-refractivity contribution in [3.05, 3.63) is 52.7 Å². The van der Waals surface area contributed by atoms with Crippen LogP contribution in [0.25, 0.3) is 0 Å². The van der Waals surface area contributed by atoms with Gasteiger partial charge in [0, 0.05) is 45.1 Å². The van der Waals surface area contributed by atoms with Crippen molar-refractivity contribution in [3.63, 3.8) is 0 Å². The van der Waals surface area contributed by atoms with Crippen molar-refractivity contribution in [2.24, 2.45) is 0 Å². The van der Waals surface area contributed by atoms with Crippen LogP contribution in [0, 0.1) is 0 Å². The lowest BCUT2D eigenvalue weighted by Crippen LogP contribution is -2.50. The summed E-state index contributed by atoms with van der Waals surface area (Å²) < 4.78 is 5.64. The van der Waals surface area contributed by atoms with Gasteiger partial charge in [-0.3, -0.25) is 19.5 Å². The van der Waals surface area contributed by atoms with Gasteiger partial charge in [-0.2, -0.15) is 0 Å². The number of carbonyl (C=O) groups is 2. The number of amides is 2. The van der Waals surface area contributed by atoms with Gasteiger partial charge in [-0.05, 0) is 39.7 Å². The van der Waals surface area contributed by atoms with E-state index in [1.807, 2.05) is 18.3 Å². The van der Waals surface area contributed by atoms with Crippen molar-refractivity contribution in [2.75, 3.05) is 32.7 Å². The third-order valence-corrected chi connectivity index (χ3v) is 4.48. The molecule has 25 heavy (non-hydrogen) atoms. The maximum absolute atomic E-state index is 12.2. The fourth-order valence-electron chi connectivity index (χ4n) is 2.70. The van der Waals surface area contributed by atoms with Crippen molar-refractivity contribution in [3.8, 4) is 0 Å². The molecule has 7 nitrogen and oxygen atoms in total. The van der Waals surface area contributed by atoms with Gasteiger partial charge in [-0.15, -0.1) is 0 Å². The molecule has 0 aliphatic carbocycles. The van der Waals surface area contributed by atoms with Crippen LogP contribution >= 0.6 is 15.9 Å². The first-order chi connectivity index (χ1) is 12.1. The molecule has 1 fully saturated rings. The van der Waals surface area contributed by atoms with Crippen LogP contribution in [0.2, 0.25) is 0 Å². The van der Waals surface area contributed by atoms with Crippen molar-refractivity contribution in [1.82, 2.24) is 20.1 Å². The molecule has 132 valence electrons. The normalized spacial score (nSPS) is 15.2. The predicted molar refractivity (Wildman–Crippen MR) is 94.8 cm³/mol. The lowest BCUT2D eigenvalue weighted by molar-refractivity contribution is -0.131. The third kappa shape index (κ3) is 4.90. The van der Waals surface area contributed by atoms with Crippen LogP contribution in [0.4, 0.5) is 0 Å². The molecule has 0 unspecified atom stereocenters. The topological polar surface area (TPSA) is 78.7 Å².